The summed E-state index contributed by atoms with van der Waals surface area (Å²) in [6.07, 6.45) is -15.0. The summed E-state index contributed by atoms with van der Waals surface area (Å²) in [6, 6.07) is 1.48. The fourth-order valence-electron chi connectivity index (χ4n) is 2.22. The van der Waals surface area contributed by atoms with Crippen LogP contribution in [0.5, 0.6) is 5.75 Å². The molecule has 0 bridgehead atoms. The molecule has 0 heterocycles. The Morgan fingerprint density at radius 2 is 0.757 bits per heavy atom. The monoisotopic (exact) mass is 592 g/mol. The lowest BCUT2D eigenvalue weighted by atomic mass is 9.88. The Balaban J connectivity index is 3.62. The lowest BCUT2D eigenvalue weighted by molar-refractivity contribution is -0.476. The molecule has 1 aromatic carbocycles. The fraction of sp³-hybridized carbons (Fsp3) is 0.625. The molecule has 1 rings (SSSR count). The van der Waals surface area contributed by atoms with Gasteiger partial charge >= 0.3 is 53.7 Å². The highest BCUT2D eigenvalue weighted by Crippen LogP contribution is 2.65. The Bertz CT molecular complexity index is 948. The third kappa shape index (κ3) is 4.49. The van der Waals surface area contributed by atoms with Crippen LogP contribution in [0, 0.1) is 0 Å². The zero-order valence-electron chi connectivity index (χ0n) is 16.6. The molecule has 216 valence electrons. The Morgan fingerprint density at radius 3 is 1.05 bits per heavy atom. The highest BCUT2D eigenvalue weighted by atomic mass is 19.4. The van der Waals surface area contributed by atoms with Gasteiger partial charge in [0.1, 0.15) is 5.75 Å². The molecule has 1 aromatic rings. The summed E-state index contributed by atoms with van der Waals surface area (Å²) in [5.41, 5.74) is -0.197. The Morgan fingerprint density at radius 1 is 0.459 bits per heavy atom. The number of aliphatic hydroxyl groups is 1. The van der Waals surface area contributed by atoms with Crippen molar-refractivity contribution in [2.45, 2.75) is 60.3 Å². The van der Waals surface area contributed by atoms with E-state index in [1.54, 1.807) is 0 Å². The van der Waals surface area contributed by atoms with Gasteiger partial charge in [-0.3, -0.25) is 0 Å². The van der Waals surface area contributed by atoms with E-state index in [0.717, 1.165) is 0 Å². The van der Waals surface area contributed by atoms with Crippen LogP contribution < -0.4 is 4.74 Å². The number of rotatable bonds is 10. The van der Waals surface area contributed by atoms with Crippen LogP contribution >= 0.6 is 0 Å². The number of hydrogen-bond donors (Lipinski definition) is 1. The molecule has 0 aliphatic carbocycles. The van der Waals surface area contributed by atoms with E-state index in [2.05, 4.69) is 4.74 Å². The molecule has 0 aliphatic rings. The van der Waals surface area contributed by atoms with Crippen molar-refractivity contribution in [2.24, 2.45) is 0 Å². The molecule has 0 aromatic heterocycles. The molecule has 0 spiro atoms. The van der Waals surface area contributed by atoms with Crippen LogP contribution in [0.4, 0.5) is 83.4 Å². The van der Waals surface area contributed by atoms with Crippen LogP contribution in [0.15, 0.2) is 24.3 Å². The van der Waals surface area contributed by atoms with Gasteiger partial charge in [-0.05, 0) is 17.7 Å². The predicted octanol–water partition coefficient (Wildman–Crippen LogP) is 7.16. The lowest BCUT2D eigenvalue weighted by Crippen LogP contribution is -2.76. The molecule has 0 atom stereocenters. The maximum atomic E-state index is 13.7. The minimum Gasteiger partial charge on any atom is -0.428 e. The van der Waals surface area contributed by atoms with E-state index in [-0.39, 0.29) is 17.7 Å². The standard InChI is InChI=1S/C16H7F19O2/c17-8(18,9(19,20)11(23,24)13(27,28)15(31,32)33)10(21,22)12(25,26)14(29,30)16(34,35)37-7-3-1-6(5-36)2-4-7/h1-4,36H,5H2. The molecule has 0 saturated carbocycles. The summed E-state index contributed by atoms with van der Waals surface area (Å²) in [6.45, 7) is -0.849. The zero-order chi connectivity index (χ0) is 29.9. The van der Waals surface area contributed by atoms with Gasteiger partial charge in [0, 0.05) is 0 Å². The van der Waals surface area contributed by atoms with Gasteiger partial charge in [0.2, 0.25) is 0 Å². The Labute approximate surface area is 190 Å². The van der Waals surface area contributed by atoms with Crippen molar-refractivity contribution >= 4 is 0 Å². The molecule has 1 N–H and O–H groups in total. The number of hydrogen-bond acceptors (Lipinski definition) is 2. The van der Waals surface area contributed by atoms with Gasteiger partial charge in [-0.25, -0.2) is 0 Å². The minimum atomic E-state index is -8.98. The number of ether oxygens (including phenoxy) is 1. The number of halogens is 19. The molecule has 21 heteroatoms. The second-order valence-corrected chi connectivity index (χ2v) is 6.94. The van der Waals surface area contributed by atoms with Gasteiger partial charge in [-0.1, -0.05) is 12.1 Å². The van der Waals surface area contributed by atoms with E-state index >= 15 is 0 Å². The maximum absolute atomic E-state index is 13.7. The van der Waals surface area contributed by atoms with E-state index in [1.165, 1.54) is 0 Å². The van der Waals surface area contributed by atoms with Crippen molar-refractivity contribution in [3.8, 4) is 5.75 Å². The Kier molecular flexibility index (Phi) is 7.82. The highest BCUT2D eigenvalue weighted by molar-refractivity contribution is 5.27. The van der Waals surface area contributed by atoms with Gasteiger partial charge in [0.25, 0.3) is 0 Å². The van der Waals surface area contributed by atoms with Crippen molar-refractivity contribution in [2.75, 3.05) is 0 Å². The molecule has 2 nitrogen and oxygen atoms in total. The molecule has 37 heavy (non-hydrogen) atoms. The third-order valence-electron chi connectivity index (χ3n) is 4.44. The second kappa shape index (κ2) is 8.85. The van der Waals surface area contributed by atoms with Crippen LogP contribution in [0.3, 0.4) is 0 Å². The average molecular weight is 592 g/mol. The van der Waals surface area contributed by atoms with Crippen LogP contribution in [0.1, 0.15) is 5.56 Å². The van der Waals surface area contributed by atoms with Gasteiger partial charge in [0.05, 0.1) is 6.61 Å². The van der Waals surface area contributed by atoms with Crippen LogP contribution in [0.2, 0.25) is 0 Å². The first-order chi connectivity index (χ1) is 16.0. The van der Waals surface area contributed by atoms with Crippen molar-refractivity contribution in [3.63, 3.8) is 0 Å². The van der Waals surface area contributed by atoms with Gasteiger partial charge < -0.3 is 9.84 Å². The van der Waals surface area contributed by atoms with Crippen molar-refractivity contribution in [1.82, 2.24) is 0 Å². The van der Waals surface area contributed by atoms with Crippen molar-refractivity contribution < 1.29 is 93.3 Å². The highest BCUT2D eigenvalue weighted by Gasteiger charge is 2.97. The summed E-state index contributed by atoms with van der Waals surface area (Å²) < 4.78 is 254. The maximum Gasteiger partial charge on any atom is 0.471 e. The summed E-state index contributed by atoms with van der Waals surface area (Å²) in [5.74, 6) is -62.2. The summed E-state index contributed by atoms with van der Waals surface area (Å²) in [7, 11) is 0. The molecule has 0 radical (unpaired) electrons. The zero-order valence-corrected chi connectivity index (χ0v) is 16.6. The quantitative estimate of drug-likeness (QED) is 0.293. The van der Waals surface area contributed by atoms with Gasteiger partial charge in [-0.15, -0.1) is 0 Å². The number of benzene rings is 1. The van der Waals surface area contributed by atoms with Crippen LogP contribution in [-0.2, 0) is 6.61 Å². The van der Waals surface area contributed by atoms with E-state index in [4.69, 9.17) is 5.11 Å². The molecule has 0 aliphatic heterocycles. The van der Waals surface area contributed by atoms with E-state index < -0.39 is 66.1 Å². The molecule has 0 unspecified atom stereocenters. The van der Waals surface area contributed by atoms with E-state index in [1.807, 2.05) is 0 Å². The fourth-order valence-corrected chi connectivity index (χ4v) is 2.22. The normalized spacial score (nSPS) is 15.7. The van der Waals surface area contributed by atoms with E-state index in [0.29, 0.717) is 12.1 Å². The molecule has 0 fully saturated rings. The number of aliphatic hydroxyl groups excluding tert-OH is 1. The first kappa shape index (κ1) is 32.7. The SMILES string of the molecule is OCc1ccc(OC(F)(F)C(F)(F)C(F)(F)C(F)(F)C(F)(F)C(F)(F)C(F)(F)C(F)(F)C(F)(F)F)cc1. The van der Waals surface area contributed by atoms with E-state index in [9.17, 15) is 83.4 Å². The summed E-state index contributed by atoms with van der Waals surface area (Å²) in [5, 5.41) is 8.69. The van der Waals surface area contributed by atoms with Crippen LogP contribution in [-0.4, -0.2) is 58.8 Å². The van der Waals surface area contributed by atoms with Gasteiger partial charge in [0.15, 0.2) is 0 Å². The van der Waals surface area contributed by atoms with Crippen LogP contribution in [0.25, 0.3) is 0 Å². The molecule has 0 saturated heterocycles. The van der Waals surface area contributed by atoms with Crippen molar-refractivity contribution in [3.05, 3.63) is 29.8 Å². The topological polar surface area (TPSA) is 29.5 Å². The smallest absolute Gasteiger partial charge is 0.428 e. The number of alkyl halides is 19. The first-order valence-electron chi connectivity index (χ1n) is 8.49. The predicted molar refractivity (Wildman–Crippen MR) is 78.6 cm³/mol. The molecule has 0 amide bonds. The average Bonchev–Trinajstić information content (AvgIpc) is 2.72. The Hall–Kier alpha value is -2.35. The molecular formula is C16H7F19O2. The first-order valence-corrected chi connectivity index (χ1v) is 8.49. The summed E-state index contributed by atoms with van der Waals surface area (Å²) >= 11 is 0. The van der Waals surface area contributed by atoms with Crippen molar-refractivity contribution in [1.29, 1.82) is 0 Å². The lowest BCUT2D eigenvalue weighted by Gasteiger charge is -2.43. The second-order valence-electron chi connectivity index (χ2n) is 6.94. The largest absolute Gasteiger partial charge is 0.471 e. The third-order valence-corrected chi connectivity index (χ3v) is 4.44. The van der Waals surface area contributed by atoms with Gasteiger partial charge in [-0.2, -0.15) is 83.4 Å². The minimum absolute atomic E-state index is 0.175. The summed E-state index contributed by atoms with van der Waals surface area (Å²) in [4.78, 5) is 0. The molecular weight excluding hydrogens is 585 g/mol.